The highest BCUT2D eigenvalue weighted by Gasteiger charge is 2.68. The number of ketones is 3. The number of Topliss-reactive ketones (excluding diaryl/α,β-unsaturated/α-hetero) is 3. The number of carbonyl (C=O) groups excluding carboxylic acids is 4. The van der Waals surface area contributed by atoms with Crippen molar-refractivity contribution in [3.8, 4) is 0 Å². The monoisotopic (exact) mass is 801 g/mol. The van der Waals surface area contributed by atoms with Crippen LogP contribution < -0.4 is 0 Å². The predicted octanol–water partition coefficient (Wildman–Crippen LogP) is 8.11. The maximum Gasteiger partial charge on any atom is 0.356 e. The lowest BCUT2D eigenvalue weighted by molar-refractivity contribution is -0.130. The number of aromatic nitrogens is 6. The van der Waals surface area contributed by atoms with Crippen molar-refractivity contribution in [1.29, 1.82) is 0 Å². The third-order valence-electron chi connectivity index (χ3n) is 17.1. The van der Waals surface area contributed by atoms with Gasteiger partial charge in [-0.2, -0.15) is 0 Å². The largest absolute Gasteiger partial charge is 0.464 e. The summed E-state index contributed by atoms with van der Waals surface area (Å²) >= 11 is 0. The van der Waals surface area contributed by atoms with E-state index in [-0.39, 0.29) is 50.3 Å². The second kappa shape index (κ2) is 15.0. The average molecular weight is 802 g/mol. The molecule has 6 aliphatic carbocycles. The molecule has 1 aliphatic heterocycles. The lowest BCUT2D eigenvalue weighted by atomic mass is 9.70. The number of rotatable bonds is 4. The molecule has 0 amide bonds. The summed E-state index contributed by atoms with van der Waals surface area (Å²) in [5.41, 5.74) is 6.39. The van der Waals surface area contributed by atoms with Crippen molar-refractivity contribution in [2.24, 2.45) is 61.2 Å². The zero-order chi connectivity index (χ0) is 42.8. The van der Waals surface area contributed by atoms with E-state index in [1.807, 2.05) is 19.2 Å². The fraction of sp³-hybridized carbons (Fsp3) is 0.596. The van der Waals surface area contributed by atoms with Gasteiger partial charge in [0.2, 0.25) is 0 Å². The highest BCUT2D eigenvalue weighted by Crippen LogP contribution is 2.68. The molecule has 12 nitrogen and oxygen atoms in total. The van der Waals surface area contributed by atoms with Crippen LogP contribution in [0, 0.1) is 56.2 Å². The topological polar surface area (TPSA) is 167 Å². The smallest absolute Gasteiger partial charge is 0.356 e. The normalized spacial score (nSPS) is 32.9. The lowest BCUT2D eigenvalue weighted by Gasteiger charge is -2.33. The molecule has 3 aromatic heterocycles. The van der Waals surface area contributed by atoms with Gasteiger partial charge in [0.1, 0.15) is 36.2 Å². The van der Waals surface area contributed by atoms with Crippen molar-refractivity contribution in [3.63, 3.8) is 0 Å². The second-order valence-electron chi connectivity index (χ2n) is 19.8. The molecule has 7 aliphatic rings. The summed E-state index contributed by atoms with van der Waals surface area (Å²) in [5, 5.41) is 0. The summed E-state index contributed by atoms with van der Waals surface area (Å²) in [6, 6.07) is 5.10. The molecule has 59 heavy (non-hydrogen) atoms. The minimum Gasteiger partial charge on any atom is -0.464 e. The predicted molar refractivity (Wildman–Crippen MR) is 223 cm³/mol. The van der Waals surface area contributed by atoms with E-state index in [0.717, 1.165) is 37.9 Å². The Labute approximate surface area is 348 Å². The van der Waals surface area contributed by atoms with Crippen LogP contribution in [0.15, 0.2) is 66.3 Å². The standard InChI is InChI=1S/C16H19N3.C15H18N2O2.C10H16O.C6H6N2O2/c1-15(2)11-4-6-16(15,3)14-13(11)10(8-18-14)12-5-7-17-9-19-12;1-14(2)9-4-6-15(14,3)13(19)11(9)12(18)10-5-7-16-8-17-10;1-9(2)7-4-5-10(9,3)8(11)6-7;1-10-6(9)5-2-3-7-4-8-5/h5,7,9,11H,4,6,8H2,1-3H3;5,7-9,11H,4,6H2,1-3H3;7H,4-6H2,1-3H3;2-4H,1H3. The minimum atomic E-state index is -0.511. The van der Waals surface area contributed by atoms with Crippen LogP contribution >= 0.6 is 0 Å². The Bertz CT molecular complexity index is 2200. The number of allylic oxidation sites excluding steroid dienone is 1. The van der Waals surface area contributed by atoms with Gasteiger partial charge in [-0.15, -0.1) is 0 Å². The van der Waals surface area contributed by atoms with Crippen molar-refractivity contribution in [3.05, 3.63) is 78.4 Å². The van der Waals surface area contributed by atoms with Gasteiger partial charge < -0.3 is 4.74 Å². The number of hydrogen-bond donors (Lipinski definition) is 0. The molecule has 4 heterocycles. The number of hydrogen-bond acceptors (Lipinski definition) is 12. The summed E-state index contributed by atoms with van der Waals surface area (Å²) in [7, 11) is 1.31. The first kappa shape index (κ1) is 42.3. The quantitative estimate of drug-likeness (QED) is 0.142. The zero-order valence-electron chi connectivity index (χ0n) is 36.3. The second-order valence-corrected chi connectivity index (χ2v) is 19.8. The molecule has 10 rings (SSSR count). The fourth-order valence-electron chi connectivity index (χ4n) is 11.8. The molecule has 0 spiro atoms. The van der Waals surface area contributed by atoms with Gasteiger partial charge in [-0.25, -0.2) is 34.7 Å². The number of aliphatic imine (C=N–C) groups is 1. The molecular formula is C47H59N7O5. The van der Waals surface area contributed by atoms with Crippen molar-refractivity contribution < 1.29 is 23.9 Å². The molecule has 0 aromatic carbocycles. The number of carbonyl (C=O) groups is 4. The van der Waals surface area contributed by atoms with E-state index in [4.69, 9.17) is 4.99 Å². The van der Waals surface area contributed by atoms with E-state index in [0.29, 0.717) is 28.7 Å². The summed E-state index contributed by atoms with van der Waals surface area (Å²) in [6.45, 7) is 21.0. The minimum absolute atomic E-state index is 0.0255. The van der Waals surface area contributed by atoms with E-state index in [9.17, 15) is 19.2 Å². The lowest BCUT2D eigenvalue weighted by Crippen LogP contribution is -2.35. The van der Waals surface area contributed by atoms with Crippen LogP contribution in [0.25, 0.3) is 5.57 Å². The molecule has 3 aromatic rings. The van der Waals surface area contributed by atoms with Crippen LogP contribution in [0.3, 0.4) is 0 Å². The highest BCUT2D eigenvalue weighted by molar-refractivity contribution is 6.16. The SMILES string of the molecule is CC12CCC(C(C(=O)c3ccncn3)C1=O)C2(C)C.CC12CCC(C3=C(c4ccncn4)CN=C31)C2(C)C.CC12CCC(CC1=O)C2(C)C.COC(=O)c1ccncn1. The van der Waals surface area contributed by atoms with Gasteiger partial charge in [0.25, 0.3) is 0 Å². The van der Waals surface area contributed by atoms with Crippen LogP contribution in [0.1, 0.15) is 134 Å². The highest BCUT2D eigenvalue weighted by atomic mass is 16.5. The van der Waals surface area contributed by atoms with E-state index in [1.54, 1.807) is 18.6 Å². The summed E-state index contributed by atoms with van der Waals surface area (Å²) < 4.78 is 4.41. The molecule has 312 valence electrons. The first-order valence-electron chi connectivity index (χ1n) is 21.0. The van der Waals surface area contributed by atoms with Crippen molar-refractivity contribution in [1.82, 2.24) is 29.9 Å². The van der Waals surface area contributed by atoms with Gasteiger partial charge >= 0.3 is 5.97 Å². The molecule has 6 bridgehead atoms. The Morgan fingerprint density at radius 1 is 0.678 bits per heavy atom. The molecular weight excluding hydrogens is 743 g/mol. The third-order valence-corrected chi connectivity index (χ3v) is 17.1. The molecule has 0 saturated heterocycles. The molecule has 0 N–H and O–H groups in total. The summed E-state index contributed by atoms with van der Waals surface area (Å²) in [5.74, 6) is 1.02. The first-order chi connectivity index (χ1) is 27.8. The summed E-state index contributed by atoms with van der Waals surface area (Å²) in [6.07, 6.45) is 16.8. The Balaban J connectivity index is 0.000000124. The molecule has 7 unspecified atom stereocenters. The molecule has 0 radical (unpaired) electrons. The van der Waals surface area contributed by atoms with Gasteiger partial charge in [0.15, 0.2) is 11.5 Å². The Kier molecular flexibility index (Phi) is 10.7. The fourth-order valence-corrected chi connectivity index (χ4v) is 11.8. The van der Waals surface area contributed by atoms with Gasteiger partial charge in [0.05, 0.1) is 25.3 Å². The van der Waals surface area contributed by atoms with Crippen LogP contribution in [-0.4, -0.2) is 72.6 Å². The van der Waals surface area contributed by atoms with E-state index >= 15 is 0 Å². The first-order valence-corrected chi connectivity index (χ1v) is 21.0. The van der Waals surface area contributed by atoms with E-state index in [1.165, 1.54) is 68.1 Å². The number of methoxy groups -OCH3 is 1. The van der Waals surface area contributed by atoms with E-state index in [2.05, 4.69) is 90.0 Å². The Morgan fingerprint density at radius 3 is 1.75 bits per heavy atom. The maximum atomic E-state index is 12.7. The third kappa shape index (κ3) is 6.42. The molecule has 6 fully saturated rings. The number of ether oxygens (including phenoxy) is 1. The Hall–Kier alpha value is -4.87. The van der Waals surface area contributed by atoms with Gasteiger partial charge in [-0.1, -0.05) is 62.3 Å². The molecule has 7 atom stereocenters. The van der Waals surface area contributed by atoms with Crippen molar-refractivity contribution in [2.45, 2.75) is 107 Å². The van der Waals surface area contributed by atoms with E-state index < -0.39 is 11.9 Å². The Morgan fingerprint density at radius 2 is 1.27 bits per heavy atom. The molecule has 12 heteroatoms. The summed E-state index contributed by atoms with van der Waals surface area (Å²) in [4.78, 5) is 76.0. The van der Waals surface area contributed by atoms with Crippen LogP contribution in [0.2, 0.25) is 0 Å². The molecule has 6 saturated carbocycles. The van der Waals surface area contributed by atoms with Gasteiger partial charge in [0, 0.05) is 52.5 Å². The number of esters is 1. The van der Waals surface area contributed by atoms with Gasteiger partial charge in [-0.05, 0) is 96.3 Å². The number of fused-ring (bicyclic) bond motifs is 9. The number of nitrogens with zero attached hydrogens (tertiary/aromatic N) is 7. The van der Waals surface area contributed by atoms with Crippen LogP contribution in [0.5, 0.6) is 0 Å². The van der Waals surface area contributed by atoms with Crippen molar-refractivity contribution in [2.75, 3.05) is 13.7 Å². The van der Waals surface area contributed by atoms with Crippen LogP contribution in [-0.2, 0) is 14.3 Å². The van der Waals surface area contributed by atoms with Crippen molar-refractivity contribution >= 4 is 34.6 Å². The van der Waals surface area contributed by atoms with Crippen LogP contribution in [0.4, 0.5) is 0 Å². The maximum absolute atomic E-state index is 12.7. The van der Waals surface area contributed by atoms with Gasteiger partial charge in [-0.3, -0.25) is 19.4 Å². The zero-order valence-corrected chi connectivity index (χ0v) is 36.3. The average Bonchev–Trinajstić information content (AvgIpc) is 4.00.